The van der Waals surface area contributed by atoms with Gasteiger partial charge in [0.15, 0.2) is 11.1 Å². The predicted molar refractivity (Wildman–Crippen MR) is 172 cm³/mol. The van der Waals surface area contributed by atoms with Gasteiger partial charge in [0.2, 0.25) is 0 Å². The van der Waals surface area contributed by atoms with E-state index in [1.54, 1.807) is 6.92 Å². The molecule has 6 N–H and O–H groups in total. The molecule has 236 valence electrons. The SMILES string of the molecule is CCc1c(-c2ccc(C)cc2)[nH]c(=O)c(C(=O)O)c1O.CCc1c(-c2ccccc2N2CCCCC2)[nH]c(=O)c(C(=O)O)c1O. The van der Waals surface area contributed by atoms with Crippen LogP contribution >= 0.6 is 0 Å². The van der Waals surface area contributed by atoms with Crippen LogP contribution in [0.3, 0.4) is 0 Å². The molecule has 1 aliphatic rings. The maximum Gasteiger partial charge on any atom is 0.345 e. The highest BCUT2D eigenvalue weighted by atomic mass is 16.4. The summed E-state index contributed by atoms with van der Waals surface area (Å²) < 4.78 is 0. The Hall–Kier alpha value is -5.32. The summed E-state index contributed by atoms with van der Waals surface area (Å²) in [4.78, 5) is 53.9. The predicted octanol–water partition coefficient (Wildman–Crippen LogP) is 5.31. The maximum absolute atomic E-state index is 12.2. The van der Waals surface area contributed by atoms with Gasteiger partial charge in [0.05, 0.1) is 11.4 Å². The Morgan fingerprint density at radius 2 is 1.22 bits per heavy atom. The Labute approximate surface area is 259 Å². The number of aryl methyl sites for hydroxylation is 1. The van der Waals surface area contributed by atoms with Crippen molar-refractivity contribution in [3.63, 3.8) is 0 Å². The van der Waals surface area contributed by atoms with E-state index in [-0.39, 0.29) is 0 Å². The minimum atomic E-state index is -1.44. The van der Waals surface area contributed by atoms with Crippen molar-refractivity contribution in [1.82, 2.24) is 9.97 Å². The quantitative estimate of drug-likeness (QED) is 0.160. The largest absolute Gasteiger partial charge is 0.506 e. The molecule has 2 aromatic carbocycles. The molecular weight excluding hydrogens is 578 g/mol. The normalized spacial score (nSPS) is 12.7. The number of carbonyl (C=O) groups is 2. The second-order valence-electron chi connectivity index (χ2n) is 10.8. The van der Waals surface area contributed by atoms with Crippen LogP contribution in [0.25, 0.3) is 22.5 Å². The molecular formula is C34H37N3O8. The molecule has 0 unspecified atom stereocenters. The van der Waals surface area contributed by atoms with Gasteiger partial charge < -0.3 is 35.3 Å². The van der Waals surface area contributed by atoms with Crippen molar-refractivity contribution in [2.24, 2.45) is 0 Å². The summed E-state index contributed by atoms with van der Waals surface area (Å²) in [5.41, 5.74) is 2.63. The van der Waals surface area contributed by atoms with Gasteiger partial charge in [-0.3, -0.25) is 9.59 Å². The molecule has 4 aromatic rings. The average Bonchev–Trinajstić information content (AvgIpc) is 3.01. The molecule has 5 rings (SSSR count). The Bertz CT molecular complexity index is 1830. The first-order chi connectivity index (χ1) is 21.5. The van der Waals surface area contributed by atoms with E-state index >= 15 is 0 Å². The van der Waals surface area contributed by atoms with Gasteiger partial charge in [-0.1, -0.05) is 61.9 Å². The molecule has 45 heavy (non-hydrogen) atoms. The number of carboxylic acid groups (broad SMARTS) is 2. The number of pyridine rings is 2. The van der Waals surface area contributed by atoms with Crippen molar-refractivity contribution >= 4 is 17.6 Å². The number of aromatic hydroxyl groups is 2. The zero-order valence-corrected chi connectivity index (χ0v) is 25.4. The lowest BCUT2D eigenvalue weighted by molar-refractivity contribution is 0.0680. The van der Waals surface area contributed by atoms with E-state index in [4.69, 9.17) is 5.11 Å². The lowest BCUT2D eigenvalue weighted by Crippen LogP contribution is -2.30. The molecule has 0 atom stereocenters. The minimum absolute atomic E-state index is 0.409. The lowest BCUT2D eigenvalue weighted by Gasteiger charge is -2.31. The molecule has 0 aliphatic carbocycles. The van der Waals surface area contributed by atoms with Gasteiger partial charge in [0, 0.05) is 35.5 Å². The molecule has 3 heterocycles. The molecule has 11 nitrogen and oxygen atoms in total. The first-order valence-electron chi connectivity index (χ1n) is 14.8. The number of aromatic nitrogens is 2. The number of hydrogen-bond acceptors (Lipinski definition) is 7. The van der Waals surface area contributed by atoms with Gasteiger partial charge in [-0.25, -0.2) is 9.59 Å². The number of rotatable bonds is 7. The van der Waals surface area contributed by atoms with Gasteiger partial charge in [-0.05, 0) is 50.7 Å². The van der Waals surface area contributed by atoms with E-state index in [2.05, 4.69) is 14.9 Å². The summed E-state index contributed by atoms with van der Waals surface area (Å²) >= 11 is 0. The summed E-state index contributed by atoms with van der Waals surface area (Å²) in [6.45, 7) is 7.45. The smallest absolute Gasteiger partial charge is 0.345 e. The number of aromatic amines is 2. The fourth-order valence-corrected chi connectivity index (χ4v) is 5.63. The number of para-hydroxylation sites is 1. The second-order valence-corrected chi connectivity index (χ2v) is 10.8. The van der Waals surface area contributed by atoms with Crippen LogP contribution in [0.1, 0.15) is 70.5 Å². The van der Waals surface area contributed by atoms with E-state index in [0.717, 1.165) is 48.3 Å². The van der Waals surface area contributed by atoms with Gasteiger partial charge in [-0.15, -0.1) is 0 Å². The third-order valence-electron chi connectivity index (χ3n) is 7.93. The molecule has 11 heteroatoms. The summed E-state index contributed by atoms with van der Waals surface area (Å²) in [6, 6.07) is 15.1. The lowest BCUT2D eigenvalue weighted by atomic mass is 9.98. The fourth-order valence-electron chi connectivity index (χ4n) is 5.63. The highest BCUT2D eigenvalue weighted by Crippen LogP contribution is 2.36. The van der Waals surface area contributed by atoms with Crippen molar-refractivity contribution in [1.29, 1.82) is 0 Å². The molecule has 1 saturated heterocycles. The average molecular weight is 616 g/mol. The van der Waals surface area contributed by atoms with Crippen molar-refractivity contribution in [3.05, 3.63) is 97.1 Å². The van der Waals surface area contributed by atoms with Crippen LogP contribution in [0.15, 0.2) is 58.1 Å². The molecule has 0 radical (unpaired) electrons. The number of nitrogens with zero attached hydrogens (tertiary/aromatic N) is 1. The Morgan fingerprint density at radius 1 is 0.733 bits per heavy atom. The van der Waals surface area contributed by atoms with Gasteiger partial charge >= 0.3 is 11.9 Å². The molecule has 0 bridgehead atoms. The number of nitrogens with one attached hydrogen (secondary N) is 2. The van der Waals surface area contributed by atoms with E-state index in [1.165, 1.54) is 6.42 Å². The fraction of sp³-hybridized carbons (Fsp3) is 0.294. The third kappa shape index (κ3) is 6.77. The van der Waals surface area contributed by atoms with Gasteiger partial charge in [0.1, 0.15) is 11.5 Å². The van der Waals surface area contributed by atoms with Crippen LogP contribution in [0.4, 0.5) is 5.69 Å². The van der Waals surface area contributed by atoms with E-state index in [1.807, 2.05) is 62.4 Å². The number of piperidine rings is 1. The zero-order valence-electron chi connectivity index (χ0n) is 25.4. The van der Waals surface area contributed by atoms with Crippen molar-refractivity contribution in [2.45, 2.75) is 52.9 Å². The van der Waals surface area contributed by atoms with Crippen LogP contribution in [-0.4, -0.2) is 55.4 Å². The standard InChI is InChI=1S/C19H22N2O4.C15H15NO4/c1-2-12-16(20-18(23)15(17(12)22)19(24)25)13-8-4-5-9-14(13)21-10-6-3-7-11-21;1-3-10-12(9-6-4-8(2)5-7-9)16-14(18)11(13(10)17)15(19)20/h4-5,8-9H,2-3,6-7,10-11H2,1H3,(H,24,25)(H2,20,22,23);4-7H,3H2,1-2H3,(H,19,20)(H2,16,17,18). The number of hydrogen-bond donors (Lipinski definition) is 6. The van der Waals surface area contributed by atoms with E-state index in [0.29, 0.717) is 35.4 Å². The molecule has 0 amide bonds. The van der Waals surface area contributed by atoms with Gasteiger partial charge in [0.25, 0.3) is 11.1 Å². The monoisotopic (exact) mass is 615 g/mol. The van der Waals surface area contributed by atoms with Crippen LogP contribution in [0.2, 0.25) is 0 Å². The van der Waals surface area contributed by atoms with Crippen LogP contribution in [0.5, 0.6) is 11.5 Å². The number of carboxylic acids is 2. The molecule has 2 aromatic heterocycles. The maximum atomic E-state index is 12.2. The number of aromatic carboxylic acids is 2. The minimum Gasteiger partial charge on any atom is -0.506 e. The summed E-state index contributed by atoms with van der Waals surface area (Å²) in [6.07, 6.45) is 4.27. The van der Waals surface area contributed by atoms with Crippen LogP contribution < -0.4 is 16.0 Å². The number of H-pyrrole nitrogens is 2. The van der Waals surface area contributed by atoms with Gasteiger partial charge in [-0.2, -0.15) is 0 Å². The molecule has 1 aliphatic heterocycles. The summed E-state index contributed by atoms with van der Waals surface area (Å²) in [7, 11) is 0. The summed E-state index contributed by atoms with van der Waals surface area (Å²) in [5, 5.41) is 38.6. The van der Waals surface area contributed by atoms with Crippen molar-refractivity contribution < 1.29 is 30.0 Å². The first kappa shape index (κ1) is 32.6. The number of anilines is 1. The van der Waals surface area contributed by atoms with E-state index < -0.39 is 45.7 Å². The van der Waals surface area contributed by atoms with Crippen LogP contribution in [-0.2, 0) is 12.8 Å². The topological polar surface area (TPSA) is 184 Å². The van der Waals surface area contributed by atoms with Crippen molar-refractivity contribution in [2.75, 3.05) is 18.0 Å². The second kappa shape index (κ2) is 14.0. The summed E-state index contributed by atoms with van der Waals surface area (Å²) in [5.74, 6) is -3.76. The highest BCUT2D eigenvalue weighted by molar-refractivity contribution is 5.93. The Morgan fingerprint density at radius 3 is 1.73 bits per heavy atom. The number of benzene rings is 2. The molecule has 0 saturated carbocycles. The van der Waals surface area contributed by atoms with Crippen molar-refractivity contribution in [3.8, 4) is 34.0 Å². The molecule has 1 fully saturated rings. The van der Waals surface area contributed by atoms with Crippen LogP contribution in [0, 0.1) is 6.92 Å². The molecule has 0 spiro atoms. The third-order valence-corrected chi connectivity index (χ3v) is 7.93. The van der Waals surface area contributed by atoms with E-state index in [9.17, 15) is 34.5 Å². The zero-order chi connectivity index (χ0) is 32.8. The Balaban J connectivity index is 0.000000210. The first-order valence-corrected chi connectivity index (χ1v) is 14.8. The highest BCUT2D eigenvalue weighted by Gasteiger charge is 2.25. The Kier molecular flexibility index (Phi) is 10.1.